The molecule has 0 unspecified atom stereocenters. The second-order valence-corrected chi connectivity index (χ2v) is 3.45. The highest BCUT2D eigenvalue weighted by atomic mass is 16.9. The fraction of sp³-hybridized carbons (Fsp3) is 1.00. The van der Waals surface area contributed by atoms with E-state index in [4.69, 9.17) is 30.6 Å². The van der Waals surface area contributed by atoms with Gasteiger partial charge in [-0.05, 0) is 0 Å². The third-order valence-corrected chi connectivity index (χ3v) is 0. The number of rotatable bonds is 0. The average molecular weight is 244 g/mol. The van der Waals surface area contributed by atoms with Gasteiger partial charge in [0.2, 0.25) is 0 Å². The molecule has 0 fully saturated rings. The van der Waals surface area contributed by atoms with Gasteiger partial charge in [0.15, 0.2) is 0 Å². The van der Waals surface area contributed by atoms with Crippen LogP contribution in [0.2, 0.25) is 0 Å². The molecule has 0 spiro atoms. The third kappa shape index (κ3) is 559. The van der Waals surface area contributed by atoms with Crippen molar-refractivity contribution in [3.8, 4) is 0 Å². The first-order valence-corrected chi connectivity index (χ1v) is 4.10. The molecule has 0 heterocycles. The van der Waals surface area contributed by atoms with Crippen molar-refractivity contribution >= 4 is 0 Å². The maximum Gasteiger partial charge on any atom is 0.0689 e. The lowest BCUT2D eigenvalue weighted by Gasteiger charge is -1.88. The molecular weight excluding hydrogens is 224 g/mol. The lowest BCUT2D eigenvalue weighted by molar-refractivity contribution is -0.836. The molecule has 10 nitrogen and oxygen atoms in total. The van der Waals surface area contributed by atoms with E-state index in [9.17, 15) is 0 Å². The summed E-state index contributed by atoms with van der Waals surface area (Å²) in [5, 5.41) is 29.5. The van der Waals surface area contributed by atoms with Crippen LogP contribution >= 0.6 is 0 Å². The van der Waals surface area contributed by atoms with Gasteiger partial charge in [0, 0.05) is 0 Å². The zero-order valence-electron chi connectivity index (χ0n) is 10.3. The van der Waals surface area contributed by atoms with Crippen molar-refractivity contribution in [2.24, 2.45) is 0 Å². The van der Waals surface area contributed by atoms with Gasteiger partial charge in [0.1, 0.15) is 0 Å². The van der Waals surface area contributed by atoms with Crippen LogP contribution in [-0.4, -0.2) is 52.5 Å². The summed E-state index contributed by atoms with van der Waals surface area (Å²) in [5.41, 5.74) is 0. The molecule has 0 saturated heterocycles. The molecule has 0 aromatic carbocycles. The Labute approximate surface area is 93.9 Å². The van der Waals surface area contributed by atoms with Gasteiger partial charge in [0.05, 0.1) is 52.5 Å². The van der Waals surface area contributed by atoms with E-state index in [-0.39, 0.29) is 0 Å². The summed E-state index contributed by atoms with van der Waals surface area (Å²) in [4.78, 5) is 19.3. The molecule has 0 amide bonds. The van der Waals surface area contributed by atoms with Gasteiger partial charge in [-0.2, -0.15) is 0 Å². The van der Waals surface area contributed by atoms with Gasteiger partial charge in [-0.25, -0.2) is 0 Å². The Morgan fingerprint density at radius 1 is 0.625 bits per heavy atom. The maximum atomic E-state index is 8.25. The van der Waals surface area contributed by atoms with Crippen molar-refractivity contribution in [2.45, 2.75) is 0 Å². The first kappa shape index (κ1) is 23.9. The zero-order valence-corrected chi connectivity index (χ0v) is 10.3. The summed E-state index contributed by atoms with van der Waals surface area (Å²) >= 11 is 0. The molecule has 16 heavy (non-hydrogen) atoms. The second kappa shape index (κ2) is 19.0. The number of nitrogens with zero attached hydrogens (tertiary/aromatic N) is 2. The summed E-state index contributed by atoms with van der Waals surface area (Å²) < 4.78 is 0. The highest BCUT2D eigenvalue weighted by Gasteiger charge is 1.61. The summed E-state index contributed by atoms with van der Waals surface area (Å²) in [5.74, 6) is 0. The molecule has 0 bridgehead atoms. The van der Waals surface area contributed by atoms with Crippen LogP contribution in [0.4, 0.5) is 0 Å². The van der Waals surface area contributed by atoms with Crippen LogP contribution in [-0.2, 0) is 0 Å². The standard InChI is InChI=1S/2C3H9N.2NO3/c2*1-4(2)3;2*2-1(3)4/h2*1-3H3;;/q;;2*-1/p+2. The van der Waals surface area contributed by atoms with Crippen LogP contribution in [0.25, 0.3) is 0 Å². The molecule has 0 rings (SSSR count). The summed E-state index contributed by atoms with van der Waals surface area (Å²) in [6, 6.07) is 0. The Morgan fingerprint density at radius 2 is 0.625 bits per heavy atom. The van der Waals surface area contributed by atoms with Crippen molar-refractivity contribution in [3.63, 3.8) is 0 Å². The molecule has 0 saturated carbocycles. The van der Waals surface area contributed by atoms with Crippen molar-refractivity contribution < 1.29 is 20.0 Å². The molecule has 0 aliphatic heterocycles. The van der Waals surface area contributed by atoms with E-state index in [1.165, 1.54) is 9.80 Å². The molecular formula is C6H20N4O6. The Bertz CT molecular complexity index is 132. The minimum atomic E-state index is -1.75. The fourth-order valence-corrected chi connectivity index (χ4v) is 0. The first-order chi connectivity index (χ1) is 6.93. The first-order valence-electron chi connectivity index (χ1n) is 4.10. The number of hydrogen-bond donors (Lipinski definition) is 2. The number of nitrogens with one attached hydrogen (secondary N) is 2. The minimum absolute atomic E-state index is 1.42. The Kier molecular flexibility index (Phi) is 28.3. The molecule has 0 atom stereocenters. The highest BCUT2D eigenvalue weighted by Crippen LogP contribution is 1.44. The average Bonchev–Trinajstić information content (AvgIpc) is 1.76. The molecule has 2 N–H and O–H groups in total. The predicted molar refractivity (Wildman–Crippen MR) is 58.2 cm³/mol. The summed E-state index contributed by atoms with van der Waals surface area (Å²) in [6.07, 6.45) is 0. The van der Waals surface area contributed by atoms with Crippen LogP contribution < -0.4 is 9.80 Å². The van der Waals surface area contributed by atoms with Crippen LogP contribution in [0, 0.1) is 30.6 Å². The fourth-order valence-electron chi connectivity index (χ4n) is 0. The van der Waals surface area contributed by atoms with Crippen LogP contribution in [0.1, 0.15) is 0 Å². The topological polar surface area (TPSA) is 141 Å². The quantitative estimate of drug-likeness (QED) is 0.344. The van der Waals surface area contributed by atoms with Crippen molar-refractivity contribution in [1.82, 2.24) is 0 Å². The monoisotopic (exact) mass is 244 g/mol. The Morgan fingerprint density at radius 3 is 0.625 bits per heavy atom. The van der Waals surface area contributed by atoms with Crippen LogP contribution in [0.15, 0.2) is 0 Å². The van der Waals surface area contributed by atoms with Gasteiger partial charge in [-0.15, -0.1) is 0 Å². The van der Waals surface area contributed by atoms with Gasteiger partial charge >= 0.3 is 0 Å². The van der Waals surface area contributed by atoms with E-state index in [0.717, 1.165) is 0 Å². The second-order valence-electron chi connectivity index (χ2n) is 3.45. The Hall–Kier alpha value is -1.68. The van der Waals surface area contributed by atoms with E-state index < -0.39 is 10.2 Å². The maximum absolute atomic E-state index is 8.25. The summed E-state index contributed by atoms with van der Waals surface area (Å²) in [6.45, 7) is 0. The van der Waals surface area contributed by atoms with Gasteiger partial charge in [-0.3, -0.25) is 0 Å². The smallest absolute Gasteiger partial charge is 0.0689 e. The van der Waals surface area contributed by atoms with Gasteiger partial charge < -0.3 is 40.4 Å². The molecule has 10 heteroatoms. The predicted octanol–water partition coefficient (Wildman–Crippen LogP) is -2.96. The zero-order chi connectivity index (χ0) is 14.3. The van der Waals surface area contributed by atoms with Crippen LogP contribution in [0.3, 0.4) is 0 Å². The highest BCUT2D eigenvalue weighted by molar-refractivity contribution is 4.04. The SMILES string of the molecule is C[NH+](C)C.C[NH+](C)C.O=[N+]([O-])[O-].O=[N+]([O-])[O-]. The van der Waals surface area contributed by atoms with Gasteiger partial charge in [0.25, 0.3) is 0 Å². The molecule has 0 aromatic heterocycles. The lowest BCUT2D eigenvalue weighted by atomic mass is 11.0. The van der Waals surface area contributed by atoms with Crippen molar-refractivity contribution in [2.75, 3.05) is 42.3 Å². The minimum Gasteiger partial charge on any atom is -0.356 e. The molecule has 0 aliphatic carbocycles. The van der Waals surface area contributed by atoms with E-state index in [1.54, 1.807) is 0 Å². The van der Waals surface area contributed by atoms with Crippen molar-refractivity contribution in [1.29, 1.82) is 0 Å². The molecule has 0 radical (unpaired) electrons. The van der Waals surface area contributed by atoms with Gasteiger partial charge in [-0.1, -0.05) is 0 Å². The molecule has 0 aromatic rings. The third-order valence-electron chi connectivity index (χ3n) is 0. The lowest BCUT2D eigenvalue weighted by Crippen LogP contribution is -3.02. The largest absolute Gasteiger partial charge is 0.356 e. The normalized spacial score (nSPS) is 7.50. The number of hydrogen-bond acceptors (Lipinski definition) is 6. The van der Waals surface area contributed by atoms with E-state index in [0.29, 0.717) is 0 Å². The van der Waals surface area contributed by atoms with Crippen LogP contribution in [0.5, 0.6) is 0 Å². The van der Waals surface area contributed by atoms with E-state index in [2.05, 4.69) is 42.3 Å². The molecule has 100 valence electrons. The van der Waals surface area contributed by atoms with Crippen molar-refractivity contribution in [3.05, 3.63) is 30.6 Å². The Balaban J connectivity index is -0.0000000600. The summed E-state index contributed by atoms with van der Waals surface area (Å²) in [7, 11) is 12.5. The van der Waals surface area contributed by atoms with E-state index in [1.807, 2.05) is 0 Å². The van der Waals surface area contributed by atoms with E-state index >= 15 is 0 Å². The number of quaternary nitrogens is 2. The molecule has 0 aliphatic rings.